The number of anilines is 2. The highest BCUT2D eigenvalue weighted by Crippen LogP contribution is 2.33. The summed E-state index contributed by atoms with van der Waals surface area (Å²) in [5.74, 6) is 0.737. The van der Waals surface area contributed by atoms with Gasteiger partial charge in [0, 0.05) is 24.8 Å². The van der Waals surface area contributed by atoms with Crippen molar-refractivity contribution in [3.05, 3.63) is 83.3 Å². The highest BCUT2D eigenvalue weighted by Gasteiger charge is 2.32. The van der Waals surface area contributed by atoms with Gasteiger partial charge in [0.05, 0.1) is 12.4 Å². The molecule has 5 nitrogen and oxygen atoms in total. The Hall–Kier alpha value is -3.21. The standard InChI is InChI=1S/C23H22N4O/c1-16-12-18-7-4-5-9-21(18)27(16)23(28)20-13-25-22(14-24-20)26-11-10-17-6-2-3-8-19(17)15-26/h2-9,13-14,16H,10-12,15H2,1H3. The van der Waals surface area contributed by atoms with Gasteiger partial charge in [-0.3, -0.25) is 4.79 Å². The van der Waals surface area contributed by atoms with E-state index in [0.717, 1.165) is 37.4 Å². The highest BCUT2D eigenvalue weighted by atomic mass is 16.2. The maximum Gasteiger partial charge on any atom is 0.278 e. The van der Waals surface area contributed by atoms with Crippen LogP contribution in [0.4, 0.5) is 11.5 Å². The van der Waals surface area contributed by atoms with E-state index in [1.165, 1.54) is 16.7 Å². The Morgan fingerprint density at radius 1 is 0.964 bits per heavy atom. The van der Waals surface area contributed by atoms with Crippen LogP contribution < -0.4 is 9.80 Å². The van der Waals surface area contributed by atoms with Crippen LogP contribution in [0, 0.1) is 0 Å². The van der Waals surface area contributed by atoms with Crippen molar-refractivity contribution < 1.29 is 4.79 Å². The van der Waals surface area contributed by atoms with Crippen LogP contribution in [-0.4, -0.2) is 28.5 Å². The molecule has 1 aromatic heterocycles. The van der Waals surface area contributed by atoms with E-state index in [9.17, 15) is 4.79 Å². The second-order valence-electron chi connectivity index (χ2n) is 7.56. The molecule has 5 heteroatoms. The van der Waals surface area contributed by atoms with Crippen LogP contribution in [0.1, 0.15) is 34.1 Å². The maximum atomic E-state index is 13.1. The van der Waals surface area contributed by atoms with Crippen LogP contribution in [0.25, 0.3) is 0 Å². The molecule has 0 aliphatic carbocycles. The fourth-order valence-electron chi connectivity index (χ4n) is 4.28. The third kappa shape index (κ3) is 2.83. The third-order valence-corrected chi connectivity index (χ3v) is 5.74. The molecule has 0 bridgehead atoms. The molecule has 0 saturated carbocycles. The van der Waals surface area contributed by atoms with Gasteiger partial charge in [0.2, 0.25) is 0 Å². The van der Waals surface area contributed by atoms with E-state index < -0.39 is 0 Å². The van der Waals surface area contributed by atoms with Crippen molar-refractivity contribution in [3.8, 4) is 0 Å². The molecular formula is C23H22N4O. The van der Waals surface area contributed by atoms with Crippen LogP contribution in [-0.2, 0) is 19.4 Å². The zero-order valence-electron chi connectivity index (χ0n) is 15.9. The van der Waals surface area contributed by atoms with Crippen molar-refractivity contribution >= 4 is 17.4 Å². The first kappa shape index (κ1) is 16.9. The van der Waals surface area contributed by atoms with Crippen molar-refractivity contribution in [2.24, 2.45) is 0 Å². The van der Waals surface area contributed by atoms with Gasteiger partial charge in [-0.05, 0) is 42.5 Å². The monoisotopic (exact) mass is 370 g/mol. The average molecular weight is 370 g/mol. The number of carbonyl (C=O) groups excluding carboxylic acids is 1. The maximum absolute atomic E-state index is 13.1. The lowest BCUT2D eigenvalue weighted by Gasteiger charge is -2.29. The van der Waals surface area contributed by atoms with Crippen molar-refractivity contribution in [3.63, 3.8) is 0 Å². The molecule has 0 N–H and O–H groups in total. The van der Waals surface area contributed by atoms with Gasteiger partial charge < -0.3 is 9.80 Å². The van der Waals surface area contributed by atoms with Crippen LogP contribution >= 0.6 is 0 Å². The summed E-state index contributed by atoms with van der Waals surface area (Å²) in [5.41, 5.74) is 5.32. The van der Waals surface area contributed by atoms with Crippen LogP contribution in [0.2, 0.25) is 0 Å². The number of benzene rings is 2. The van der Waals surface area contributed by atoms with Gasteiger partial charge in [0.1, 0.15) is 11.5 Å². The lowest BCUT2D eigenvalue weighted by molar-refractivity contribution is 0.0976. The number of nitrogens with zero attached hydrogens (tertiary/aromatic N) is 4. The Balaban J connectivity index is 1.37. The topological polar surface area (TPSA) is 49.3 Å². The van der Waals surface area contributed by atoms with Gasteiger partial charge in [-0.1, -0.05) is 42.5 Å². The van der Waals surface area contributed by atoms with Gasteiger partial charge in [-0.25, -0.2) is 9.97 Å². The predicted molar refractivity (Wildman–Crippen MR) is 110 cm³/mol. The predicted octanol–water partition coefficient (Wildman–Crippen LogP) is 3.63. The summed E-state index contributed by atoms with van der Waals surface area (Å²) in [6.07, 6.45) is 5.22. The first-order valence-electron chi connectivity index (χ1n) is 9.76. The number of hydrogen-bond donors (Lipinski definition) is 0. The second-order valence-corrected chi connectivity index (χ2v) is 7.56. The summed E-state index contributed by atoms with van der Waals surface area (Å²) >= 11 is 0. The molecule has 3 aromatic rings. The molecule has 0 saturated heterocycles. The second kappa shape index (κ2) is 6.75. The summed E-state index contributed by atoms with van der Waals surface area (Å²) < 4.78 is 0. The number of amides is 1. The zero-order valence-corrected chi connectivity index (χ0v) is 15.9. The molecule has 2 aliphatic heterocycles. The minimum absolute atomic E-state index is 0.0829. The van der Waals surface area contributed by atoms with E-state index in [-0.39, 0.29) is 11.9 Å². The first-order valence-corrected chi connectivity index (χ1v) is 9.76. The van der Waals surface area contributed by atoms with Crippen molar-refractivity contribution in [1.29, 1.82) is 0 Å². The Kier molecular flexibility index (Phi) is 4.08. The quantitative estimate of drug-likeness (QED) is 0.691. The fourth-order valence-corrected chi connectivity index (χ4v) is 4.28. The highest BCUT2D eigenvalue weighted by molar-refractivity contribution is 6.06. The molecule has 2 aromatic carbocycles. The number of para-hydroxylation sites is 1. The number of fused-ring (bicyclic) bond motifs is 2. The van der Waals surface area contributed by atoms with Crippen LogP contribution in [0.5, 0.6) is 0 Å². The largest absolute Gasteiger partial charge is 0.351 e. The molecule has 3 heterocycles. The Morgan fingerprint density at radius 2 is 1.71 bits per heavy atom. The van der Waals surface area contributed by atoms with Gasteiger partial charge in [-0.2, -0.15) is 0 Å². The summed E-state index contributed by atoms with van der Waals surface area (Å²) in [6.45, 7) is 3.81. The SMILES string of the molecule is CC1Cc2ccccc2N1C(=O)c1cnc(N2CCc3ccccc3C2)cn1. The number of hydrogen-bond acceptors (Lipinski definition) is 4. The molecule has 0 radical (unpaired) electrons. The molecule has 0 fully saturated rings. The lowest BCUT2D eigenvalue weighted by Crippen LogP contribution is -2.36. The van der Waals surface area contributed by atoms with Crippen LogP contribution in [0.15, 0.2) is 60.9 Å². The molecule has 1 amide bonds. The molecule has 5 rings (SSSR count). The summed E-state index contributed by atoms with van der Waals surface area (Å²) in [4.78, 5) is 26.2. The van der Waals surface area contributed by atoms with E-state index >= 15 is 0 Å². The van der Waals surface area contributed by atoms with Crippen molar-refractivity contribution in [2.45, 2.75) is 32.4 Å². The zero-order chi connectivity index (χ0) is 19.1. The minimum atomic E-state index is -0.0829. The first-order chi connectivity index (χ1) is 13.7. The van der Waals surface area contributed by atoms with E-state index in [2.05, 4.69) is 52.1 Å². The minimum Gasteiger partial charge on any atom is -0.351 e. The molecule has 28 heavy (non-hydrogen) atoms. The van der Waals surface area contributed by atoms with Crippen molar-refractivity contribution in [2.75, 3.05) is 16.3 Å². The van der Waals surface area contributed by atoms with Gasteiger partial charge in [0.25, 0.3) is 5.91 Å². The van der Waals surface area contributed by atoms with E-state index in [1.54, 1.807) is 12.4 Å². The summed E-state index contributed by atoms with van der Waals surface area (Å²) in [6, 6.07) is 16.7. The van der Waals surface area contributed by atoms with Crippen LogP contribution in [0.3, 0.4) is 0 Å². The number of rotatable bonds is 2. The summed E-state index contributed by atoms with van der Waals surface area (Å²) in [7, 11) is 0. The van der Waals surface area contributed by atoms with E-state index in [0.29, 0.717) is 5.69 Å². The molecule has 0 spiro atoms. The van der Waals surface area contributed by atoms with Gasteiger partial charge in [-0.15, -0.1) is 0 Å². The lowest BCUT2D eigenvalue weighted by atomic mass is 10.0. The molecule has 140 valence electrons. The normalized spacial score (nSPS) is 18.0. The van der Waals surface area contributed by atoms with Gasteiger partial charge in [0.15, 0.2) is 0 Å². The molecule has 1 unspecified atom stereocenters. The Labute approximate surface area is 164 Å². The Morgan fingerprint density at radius 3 is 2.50 bits per heavy atom. The number of carbonyl (C=O) groups is 1. The van der Waals surface area contributed by atoms with Gasteiger partial charge >= 0.3 is 0 Å². The van der Waals surface area contributed by atoms with Crippen molar-refractivity contribution in [1.82, 2.24) is 9.97 Å². The number of aromatic nitrogens is 2. The smallest absolute Gasteiger partial charge is 0.278 e. The molecule has 1 atom stereocenters. The fraction of sp³-hybridized carbons (Fsp3) is 0.261. The molecule has 2 aliphatic rings. The van der Waals surface area contributed by atoms with E-state index in [4.69, 9.17) is 0 Å². The molecular weight excluding hydrogens is 348 g/mol. The third-order valence-electron chi connectivity index (χ3n) is 5.74. The Bertz CT molecular complexity index is 1030. The summed E-state index contributed by atoms with van der Waals surface area (Å²) in [5, 5.41) is 0. The van der Waals surface area contributed by atoms with E-state index in [1.807, 2.05) is 23.1 Å². The average Bonchev–Trinajstić information content (AvgIpc) is 3.08.